The largest absolute Gasteiger partial charge is 0.498 e. The number of hydrogen-bond donors (Lipinski definition) is 0. The van der Waals surface area contributed by atoms with Crippen LogP contribution in [0.1, 0.15) is 321 Å². The molecule has 135 heavy (non-hydrogen) atoms. The minimum absolute atomic E-state index is 0.117. The first-order valence-corrected chi connectivity index (χ1v) is 60.2. The fraction of sp³-hybridized carbons (Fsp3) is 0.452. The highest BCUT2D eigenvalue weighted by Gasteiger charge is 2.54. The van der Waals surface area contributed by atoms with Crippen LogP contribution < -0.4 is 60.8 Å². The zero-order valence-electron chi connectivity index (χ0n) is 80.6. The number of methoxy groups -OCH3 is 2. The van der Waals surface area contributed by atoms with Gasteiger partial charge in [-0.3, -0.25) is 4.98 Å². The van der Waals surface area contributed by atoms with Gasteiger partial charge in [-0.1, -0.05) is 397 Å². The van der Waals surface area contributed by atoms with Crippen LogP contribution in [0.5, 0.6) is 23.0 Å². The van der Waals surface area contributed by atoms with Gasteiger partial charge in [0.25, 0.3) is 0 Å². The molecule has 0 fully saturated rings. The van der Waals surface area contributed by atoms with E-state index in [0.29, 0.717) is 0 Å². The van der Waals surface area contributed by atoms with Crippen molar-refractivity contribution in [1.82, 2.24) is 9.97 Å². The molecule has 19 rings (SSSR count). The topological polar surface area (TPSA) is 70.5 Å². The number of fused-ring (bicyclic) bond motifs is 16. The number of unbranched alkanes of at least 4 members (excludes halogenated alkanes) is 36. The highest BCUT2D eigenvalue weighted by Crippen LogP contribution is 2.69. The molecule has 3 aliphatic rings. The van der Waals surface area contributed by atoms with E-state index in [0.717, 1.165) is 90.9 Å². The van der Waals surface area contributed by atoms with Gasteiger partial charge in [-0.2, -0.15) is 0 Å². The van der Waals surface area contributed by atoms with Crippen molar-refractivity contribution in [3.8, 4) is 81.5 Å². The van der Waals surface area contributed by atoms with Crippen LogP contribution in [0.25, 0.3) is 109 Å². The summed E-state index contributed by atoms with van der Waals surface area (Å²) in [5.74, 6) is 4.16. The molecule has 3 aliphatic heterocycles. The Bertz CT molecular complexity index is 6450. The maximum Gasteiger partial charge on any atom is 0.365 e. The van der Waals surface area contributed by atoms with Crippen LogP contribution in [0.3, 0.4) is 0 Å². The van der Waals surface area contributed by atoms with E-state index in [9.17, 15) is 0 Å². The lowest BCUT2D eigenvalue weighted by Crippen LogP contribution is -2.85. The molecule has 16 aromatic rings. The van der Waals surface area contributed by atoms with Gasteiger partial charge < -0.3 is 28.0 Å². The van der Waals surface area contributed by atoms with Crippen molar-refractivity contribution in [1.29, 1.82) is 0 Å². The van der Waals surface area contributed by atoms with Crippen molar-refractivity contribution in [2.75, 3.05) is 14.2 Å². The number of nitrogens with zero attached hydrogens (tertiary/aromatic N) is 4. The Morgan fingerprint density at radius 1 is 0.356 bits per heavy atom. The SMILES string of the molecule is [CH2-][n+]1ccnc2csc(-c3sc(-c4cc5sc6c(c5s4)C(CCCCCCCCCCCC)(CCCCCCCCCCCC)Oc4c-6sc5c6c(sc45)-c4sc5cc(-c7sc8c(c7OC)[B-](c7ccccc7)(c7ccccc7)[n+]7ccnc9csc-8c97)sc5c4C(CCCCCCCCCCCC)(CCCCCCCCCCCC)O6)c(OC)c3B(c3ccccc3)c3ccccc3)c21. The second-order valence-electron chi connectivity index (χ2n) is 39.0. The second-order valence-corrected chi connectivity index (χ2v) is 49.0. The zero-order chi connectivity index (χ0) is 92.1. The summed E-state index contributed by atoms with van der Waals surface area (Å²) in [6, 6.07) is 50.0. The molecule has 12 aromatic heterocycles. The van der Waals surface area contributed by atoms with Gasteiger partial charge in [0.05, 0.1) is 89.9 Å². The summed E-state index contributed by atoms with van der Waals surface area (Å²) in [5, 5.41) is 4.49. The van der Waals surface area contributed by atoms with Crippen molar-refractivity contribution >= 4 is 209 Å². The van der Waals surface area contributed by atoms with Crippen molar-refractivity contribution in [2.45, 2.75) is 321 Å². The quantitative estimate of drug-likeness (QED) is 0.0164. The van der Waals surface area contributed by atoms with E-state index in [-0.39, 0.29) is 6.71 Å². The summed E-state index contributed by atoms with van der Waals surface area (Å²) in [6.07, 6.45) is 62.0. The van der Waals surface area contributed by atoms with Crippen molar-refractivity contribution in [3.05, 3.63) is 187 Å². The third-order valence-corrected chi connectivity index (χ3v) is 42.4. The molecule has 0 saturated heterocycles. The Kier molecular flexibility index (Phi) is 32.4. The molecule has 0 unspecified atom stereocenters. The number of thiophene rings is 10. The minimum atomic E-state index is -1.83. The van der Waals surface area contributed by atoms with Crippen LogP contribution in [-0.2, 0) is 11.2 Å². The van der Waals surface area contributed by atoms with Gasteiger partial charge in [0.15, 0.2) is 17.0 Å². The Morgan fingerprint density at radius 2 is 0.711 bits per heavy atom. The molecule has 706 valence electrons. The van der Waals surface area contributed by atoms with E-state index in [1.165, 1.54) is 367 Å². The number of ether oxygens (including phenoxy) is 4. The molecule has 8 nitrogen and oxygen atoms in total. The fourth-order valence-corrected chi connectivity index (χ4v) is 36.6. The molecule has 0 saturated carbocycles. The third-order valence-electron chi connectivity index (χ3n) is 29.8. The number of aromatic nitrogens is 4. The Hall–Kier alpha value is -7.46. The average Bonchev–Trinajstić information content (AvgIpc) is 1.49. The van der Waals surface area contributed by atoms with Gasteiger partial charge in [-0.05, 0) is 69.0 Å². The monoisotopic (exact) mass is 1980 g/mol. The molecule has 0 amide bonds. The van der Waals surface area contributed by atoms with Crippen LogP contribution in [0, 0.1) is 7.05 Å². The van der Waals surface area contributed by atoms with E-state index < -0.39 is 17.5 Å². The molecule has 0 atom stereocenters. The molecule has 4 aromatic carbocycles. The smallest absolute Gasteiger partial charge is 0.365 e. The molecule has 0 aliphatic carbocycles. The summed E-state index contributed by atoms with van der Waals surface area (Å²) in [7, 11) is 8.45. The van der Waals surface area contributed by atoms with Crippen molar-refractivity contribution < 1.29 is 28.0 Å². The number of rotatable bonds is 54. The van der Waals surface area contributed by atoms with Gasteiger partial charge in [0, 0.05) is 59.2 Å². The molecule has 0 spiro atoms. The molecular formula is C115H136B2N4O4S10. The fourth-order valence-electron chi connectivity index (χ4n) is 23.0. The lowest BCUT2D eigenvalue weighted by molar-refractivity contribution is -0.584. The van der Waals surface area contributed by atoms with Crippen LogP contribution in [-0.4, -0.2) is 37.2 Å². The van der Waals surface area contributed by atoms with Crippen LogP contribution in [0.2, 0.25) is 0 Å². The number of hydrogen-bond acceptors (Lipinski definition) is 16. The standard InChI is InChI=1S/C115H136B2N4O4S10/c1-8-12-16-20-24-28-32-36-40-56-68-114(69-57-41-37-33-29-25-21-17-13-9-2)90-100-86(76-88(128-100)102-96(122-6)92(106(132-102)108-94-84(78-126-108)118-72-74-120(94)5)116(80-60-48-44-49-61-80)81-62-50-45-51-63-81)130-104(90)110-98(124-114)112-113(134-110)99-111(135-112)105-91(115(125-99,70-58-42-38-34-30-26-22-18-14-10-3)71-59-43-39-35-31-27-23-19-15-11-4)101-87(131-105)77-89(129-101)103-97(123-7)93-107(133-103)109-95-85(79-127-109)119-73-75-121(95)117(93,82-64-52-46-53-65-82)83-66-54-47-55-67-83/h44-55,60-67,72-79H,5,8-43,56-59,68-71H2,1-4,6-7H3. The first-order valence-electron chi connectivity index (χ1n) is 52.0. The van der Waals surface area contributed by atoms with Gasteiger partial charge >= 0.3 is 6.28 Å². The van der Waals surface area contributed by atoms with Gasteiger partial charge in [-0.15, -0.1) is 124 Å². The van der Waals surface area contributed by atoms with E-state index >= 15 is 0 Å². The lowest BCUT2D eigenvalue weighted by atomic mass is 9.23. The first-order chi connectivity index (χ1) is 66.7. The van der Waals surface area contributed by atoms with E-state index in [1.807, 2.05) is 128 Å². The van der Waals surface area contributed by atoms with Crippen molar-refractivity contribution in [3.63, 3.8) is 0 Å². The maximum atomic E-state index is 8.65. The molecule has 20 heteroatoms. The highest BCUT2D eigenvalue weighted by atomic mass is 32.1. The second kappa shape index (κ2) is 45.4. The normalized spacial score (nSPS) is 13.9. The third kappa shape index (κ3) is 19.6. The summed E-state index contributed by atoms with van der Waals surface area (Å²) in [5.41, 5.74) is 13.4. The Morgan fingerprint density at radius 3 is 1.11 bits per heavy atom. The number of benzene rings is 4. The summed E-state index contributed by atoms with van der Waals surface area (Å²) in [6.45, 7) is 9.23. The average molecular weight is 1980 g/mol. The van der Waals surface area contributed by atoms with Crippen LogP contribution in [0.15, 0.2) is 169 Å². The Labute approximate surface area is 843 Å². The van der Waals surface area contributed by atoms with Crippen molar-refractivity contribution in [2.24, 2.45) is 0 Å². The summed E-state index contributed by atoms with van der Waals surface area (Å²) in [4.78, 5) is 25.3. The predicted molar refractivity (Wildman–Crippen MR) is 596 cm³/mol. The van der Waals surface area contributed by atoms with Crippen LogP contribution >= 0.6 is 113 Å². The minimum Gasteiger partial charge on any atom is -0.498 e. The first kappa shape index (κ1) is 96.4. The molecular weight excluding hydrogens is 1840 g/mol. The van der Waals surface area contributed by atoms with Gasteiger partial charge in [0.1, 0.15) is 44.8 Å². The molecule has 15 heterocycles. The lowest BCUT2D eigenvalue weighted by Gasteiger charge is -2.39. The molecule has 0 bridgehead atoms. The Balaban J connectivity index is 0.772. The van der Waals surface area contributed by atoms with E-state index in [1.54, 1.807) is 11.3 Å². The highest BCUT2D eigenvalue weighted by molar-refractivity contribution is 7.39. The maximum absolute atomic E-state index is 8.65. The molecule has 0 N–H and O–H groups in total. The van der Waals surface area contributed by atoms with Crippen LogP contribution in [0.4, 0.5) is 0 Å². The van der Waals surface area contributed by atoms with E-state index in [2.05, 4.69) is 201 Å². The van der Waals surface area contributed by atoms with Gasteiger partial charge in [0.2, 0.25) is 6.71 Å². The molecule has 0 radical (unpaired) electrons. The van der Waals surface area contributed by atoms with Gasteiger partial charge in [-0.25, -0.2) is 4.98 Å². The summed E-state index contributed by atoms with van der Waals surface area (Å²) < 4.78 is 44.2. The predicted octanol–water partition coefficient (Wildman–Crippen LogP) is 33.9. The summed E-state index contributed by atoms with van der Waals surface area (Å²) >= 11 is 19.5. The zero-order valence-corrected chi connectivity index (χ0v) is 88.8. The van der Waals surface area contributed by atoms with E-state index in [4.69, 9.17) is 28.9 Å².